The fourth-order valence-electron chi connectivity index (χ4n) is 2.05. The Hall–Kier alpha value is -1.32. The molecule has 1 aliphatic rings. The SMILES string of the molecule is O=[N+]([O-])c1ccccc1NCCS(=O)(=O)N1CCSCC1. The summed E-state index contributed by atoms with van der Waals surface area (Å²) in [7, 11) is -3.30. The molecule has 9 heteroatoms. The highest BCUT2D eigenvalue weighted by molar-refractivity contribution is 7.99. The molecule has 1 aromatic rings. The first-order valence-corrected chi connectivity index (χ1v) is 9.30. The standard InChI is InChI=1S/C12H17N3O4S2/c16-15(17)12-4-2-1-3-11(12)13-5-10-21(18,19)14-6-8-20-9-7-14/h1-4,13H,5-10H2. The van der Waals surface area contributed by atoms with Crippen molar-refractivity contribution in [2.75, 3.05) is 42.2 Å². The molecule has 0 spiro atoms. The quantitative estimate of drug-likeness (QED) is 0.625. The van der Waals surface area contributed by atoms with Gasteiger partial charge in [-0.2, -0.15) is 11.8 Å². The molecule has 116 valence electrons. The molecule has 0 bridgehead atoms. The van der Waals surface area contributed by atoms with E-state index in [9.17, 15) is 18.5 Å². The maximum Gasteiger partial charge on any atom is 0.292 e. The molecule has 7 nitrogen and oxygen atoms in total. The molecule has 1 heterocycles. The van der Waals surface area contributed by atoms with Gasteiger partial charge in [0.2, 0.25) is 10.0 Å². The van der Waals surface area contributed by atoms with Gasteiger partial charge in [0.15, 0.2) is 0 Å². The number of thioether (sulfide) groups is 1. The van der Waals surface area contributed by atoms with Crippen molar-refractivity contribution < 1.29 is 13.3 Å². The van der Waals surface area contributed by atoms with Crippen molar-refractivity contribution in [1.29, 1.82) is 0 Å². The highest BCUT2D eigenvalue weighted by Gasteiger charge is 2.23. The summed E-state index contributed by atoms with van der Waals surface area (Å²) in [6.45, 7) is 1.23. The van der Waals surface area contributed by atoms with Crippen LogP contribution in [0.15, 0.2) is 24.3 Å². The molecule has 1 N–H and O–H groups in total. The minimum Gasteiger partial charge on any atom is -0.378 e. The zero-order valence-corrected chi connectivity index (χ0v) is 13.0. The number of sulfonamides is 1. The van der Waals surface area contributed by atoms with Gasteiger partial charge in [-0.15, -0.1) is 0 Å². The van der Waals surface area contributed by atoms with Crippen LogP contribution in [0.5, 0.6) is 0 Å². The molecule has 1 aromatic carbocycles. The van der Waals surface area contributed by atoms with E-state index in [-0.39, 0.29) is 18.0 Å². The summed E-state index contributed by atoms with van der Waals surface area (Å²) < 4.78 is 25.8. The number of benzene rings is 1. The van der Waals surface area contributed by atoms with Gasteiger partial charge in [0, 0.05) is 37.2 Å². The van der Waals surface area contributed by atoms with Crippen molar-refractivity contribution in [2.24, 2.45) is 0 Å². The molecule has 0 aromatic heterocycles. The van der Waals surface area contributed by atoms with Gasteiger partial charge in [0.25, 0.3) is 5.69 Å². The van der Waals surface area contributed by atoms with Crippen LogP contribution in [0.2, 0.25) is 0 Å². The molecule has 2 rings (SSSR count). The Balaban J connectivity index is 1.93. The van der Waals surface area contributed by atoms with Crippen LogP contribution in [0.1, 0.15) is 0 Å². The topological polar surface area (TPSA) is 92.5 Å². The summed E-state index contributed by atoms with van der Waals surface area (Å²) in [6, 6.07) is 6.21. The van der Waals surface area contributed by atoms with Crippen molar-refractivity contribution in [1.82, 2.24) is 4.31 Å². The lowest BCUT2D eigenvalue weighted by molar-refractivity contribution is -0.384. The number of nitro groups is 1. The van der Waals surface area contributed by atoms with Gasteiger partial charge in [0.05, 0.1) is 10.7 Å². The Morgan fingerprint density at radius 3 is 2.62 bits per heavy atom. The van der Waals surface area contributed by atoms with E-state index in [0.29, 0.717) is 18.8 Å². The number of rotatable bonds is 6. The summed E-state index contributed by atoms with van der Waals surface area (Å²) in [6.07, 6.45) is 0. The van der Waals surface area contributed by atoms with Gasteiger partial charge in [-0.3, -0.25) is 10.1 Å². The smallest absolute Gasteiger partial charge is 0.292 e. The average molecular weight is 331 g/mol. The van der Waals surface area contributed by atoms with Crippen LogP contribution in [0.3, 0.4) is 0 Å². The van der Waals surface area contributed by atoms with E-state index in [1.807, 2.05) is 0 Å². The van der Waals surface area contributed by atoms with Gasteiger partial charge < -0.3 is 5.32 Å². The molecular weight excluding hydrogens is 314 g/mol. The molecule has 21 heavy (non-hydrogen) atoms. The third kappa shape index (κ3) is 4.32. The second kappa shape index (κ2) is 7.10. The number of hydrogen-bond donors (Lipinski definition) is 1. The van der Waals surface area contributed by atoms with Crippen LogP contribution >= 0.6 is 11.8 Å². The zero-order valence-electron chi connectivity index (χ0n) is 11.4. The third-order valence-electron chi connectivity index (χ3n) is 3.14. The summed E-state index contributed by atoms with van der Waals surface area (Å²) in [5.41, 5.74) is 0.288. The highest BCUT2D eigenvalue weighted by Crippen LogP contribution is 2.23. The van der Waals surface area contributed by atoms with Crippen molar-refractivity contribution in [2.45, 2.75) is 0 Å². The average Bonchev–Trinajstić information content (AvgIpc) is 2.48. The number of nitrogens with zero attached hydrogens (tertiary/aromatic N) is 2. The van der Waals surface area contributed by atoms with Crippen molar-refractivity contribution in [3.63, 3.8) is 0 Å². The van der Waals surface area contributed by atoms with Crippen LogP contribution in [0.25, 0.3) is 0 Å². The lowest BCUT2D eigenvalue weighted by Crippen LogP contribution is -2.40. The lowest BCUT2D eigenvalue weighted by Gasteiger charge is -2.25. The Morgan fingerprint density at radius 1 is 1.29 bits per heavy atom. The predicted octanol–water partition coefficient (Wildman–Crippen LogP) is 1.39. The summed E-state index contributed by atoms with van der Waals surface area (Å²) >= 11 is 1.74. The molecule has 0 aliphatic carbocycles. The third-order valence-corrected chi connectivity index (χ3v) is 5.95. The Bertz CT molecular complexity index is 600. The Kier molecular flexibility index (Phi) is 5.43. The number of nitrogens with one attached hydrogen (secondary N) is 1. The lowest BCUT2D eigenvalue weighted by atomic mass is 10.2. The number of para-hydroxylation sites is 2. The predicted molar refractivity (Wildman–Crippen MR) is 84.3 cm³/mol. The van der Waals surface area contributed by atoms with Crippen molar-refractivity contribution >= 4 is 33.2 Å². The molecule has 1 saturated heterocycles. The van der Waals surface area contributed by atoms with Crippen LogP contribution in [-0.2, 0) is 10.0 Å². The van der Waals surface area contributed by atoms with Crippen LogP contribution < -0.4 is 5.32 Å². The number of nitro benzene ring substituents is 1. The van der Waals surface area contributed by atoms with Gasteiger partial charge in [0.1, 0.15) is 5.69 Å². The van der Waals surface area contributed by atoms with Crippen molar-refractivity contribution in [3.05, 3.63) is 34.4 Å². The van der Waals surface area contributed by atoms with E-state index in [1.165, 1.54) is 10.4 Å². The fraction of sp³-hybridized carbons (Fsp3) is 0.500. The first kappa shape index (κ1) is 16.1. The second-order valence-corrected chi connectivity index (χ2v) is 7.84. The minimum absolute atomic E-state index is 0.0516. The van der Waals surface area contributed by atoms with E-state index in [4.69, 9.17) is 0 Å². The Labute approximate surface area is 127 Å². The molecule has 0 saturated carbocycles. The maximum absolute atomic E-state index is 12.1. The van der Waals surface area contributed by atoms with Crippen LogP contribution in [-0.4, -0.2) is 54.5 Å². The van der Waals surface area contributed by atoms with E-state index in [1.54, 1.807) is 30.0 Å². The summed E-state index contributed by atoms with van der Waals surface area (Å²) in [5.74, 6) is 1.57. The summed E-state index contributed by atoms with van der Waals surface area (Å²) in [4.78, 5) is 10.4. The van der Waals surface area contributed by atoms with E-state index in [2.05, 4.69) is 5.32 Å². The molecule has 0 unspecified atom stereocenters. The molecule has 1 fully saturated rings. The maximum atomic E-state index is 12.1. The van der Waals surface area contributed by atoms with Crippen LogP contribution in [0.4, 0.5) is 11.4 Å². The molecular formula is C12H17N3O4S2. The second-order valence-electron chi connectivity index (χ2n) is 4.53. The van der Waals surface area contributed by atoms with Crippen LogP contribution in [0, 0.1) is 10.1 Å². The summed E-state index contributed by atoms with van der Waals surface area (Å²) in [5, 5.41) is 13.7. The van der Waals surface area contributed by atoms with E-state index in [0.717, 1.165) is 11.5 Å². The molecule has 0 amide bonds. The zero-order chi connectivity index (χ0) is 15.3. The normalized spacial score (nSPS) is 16.6. The molecule has 0 radical (unpaired) electrons. The number of hydrogen-bond acceptors (Lipinski definition) is 6. The highest BCUT2D eigenvalue weighted by atomic mass is 32.2. The Morgan fingerprint density at radius 2 is 1.95 bits per heavy atom. The van der Waals surface area contributed by atoms with E-state index >= 15 is 0 Å². The van der Waals surface area contributed by atoms with Gasteiger partial charge in [-0.1, -0.05) is 12.1 Å². The first-order chi connectivity index (χ1) is 10.0. The van der Waals surface area contributed by atoms with Gasteiger partial charge >= 0.3 is 0 Å². The van der Waals surface area contributed by atoms with Gasteiger partial charge in [-0.25, -0.2) is 12.7 Å². The fourth-order valence-corrected chi connectivity index (χ4v) is 4.54. The van der Waals surface area contributed by atoms with E-state index < -0.39 is 14.9 Å². The first-order valence-electron chi connectivity index (χ1n) is 6.53. The van der Waals surface area contributed by atoms with Gasteiger partial charge in [-0.05, 0) is 6.07 Å². The molecule has 0 atom stereocenters. The van der Waals surface area contributed by atoms with Crippen molar-refractivity contribution in [3.8, 4) is 0 Å². The monoisotopic (exact) mass is 331 g/mol. The minimum atomic E-state index is -3.30. The number of anilines is 1. The largest absolute Gasteiger partial charge is 0.378 e. The molecule has 1 aliphatic heterocycles.